The molecule has 6 heteroatoms. The molecule has 2 fully saturated rings. The van der Waals surface area contributed by atoms with Crippen molar-refractivity contribution >= 4 is 5.82 Å². The third-order valence-electron chi connectivity index (χ3n) is 4.87. The van der Waals surface area contributed by atoms with E-state index in [9.17, 15) is 0 Å². The standard InChI is InChI=1S/C16H22N6/c1-11-4-17-10-18-16(11)22-7-13-5-21(6-14(13)8-22)9-15-3-12(2)19-20-15/h3-4,10,13-14H,5-9H2,1-2H3,(H,19,20). The monoisotopic (exact) mass is 298 g/mol. The fraction of sp³-hybridized carbons (Fsp3) is 0.562. The Kier molecular flexibility index (Phi) is 3.33. The number of likely N-dealkylation sites (tertiary alicyclic amines) is 1. The molecule has 0 radical (unpaired) electrons. The van der Waals surface area contributed by atoms with Gasteiger partial charge in [0.1, 0.15) is 12.1 Å². The van der Waals surface area contributed by atoms with E-state index in [-0.39, 0.29) is 0 Å². The van der Waals surface area contributed by atoms with Gasteiger partial charge < -0.3 is 4.90 Å². The van der Waals surface area contributed by atoms with E-state index in [1.54, 1.807) is 6.33 Å². The van der Waals surface area contributed by atoms with E-state index >= 15 is 0 Å². The van der Waals surface area contributed by atoms with E-state index in [1.807, 2.05) is 6.20 Å². The highest BCUT2D eigenvalue weighted by atomic mass is 15.3. The Bertz CT molecular complexity index is 652. The maximum absolute atomic E-state index is 4.46. The number of hydrogen-bond acceptors (Lipinski definition) is 5. The van der Waals surface area contributed by atoms with Crippen molar-refractivity contribution in [3.05, 3.63) is 35.5 Å². The van der Waals surface area contributed by atoms with Crippen molar-refractivity contribution in [2.45, 2.75) is 20.4 Å². The lowest BCUT2D eigenvalue weighted by molar-refractivity contribution is 0.305. The van der Waals surface area contributed by atoms with Gasteiger partial charge in [0, 0.05) is 50.2 Å². The average Bonchev–Trinajstić information content (AvgIpc) is 3.14. The quantitative estimate of drug-likeness (QED) is 0.928. The summed E-state index contributed by atoms with van der Waals surface area (Å²) in [6.07, 6.45) is 3.56. The van der Waals surface area contributed by atoms with Crippen LogP contribution in [0.25, 0.3) is 0 Å². The maximum Gasteiger partial charge on any atom is 0.134 e. The number of H-pyrrole nitrogens is 1. The van der Waals surface area contributed by atoms with E-state index in [0.717, 1.165) is 61.8 Å². The molecule has 0 amide bonds. The van der Waals surface area contributed by atoms with E-state index in [0.29, 0.717) is 0 Å². The summed E-state index contributed by atoms with van der Waals surface area (Å²) in [6.45, 7) is 9.66. The van der Waals surface area contributed by atoms with Crippen molar-refractivity contribution in [3.63, 3.8) is 0 Å². The van der Waals surface area contributed by atoms with E-state index in [1.165, 1.54) is 5.56 Å². The predicted octanol–water partition coefficient (Wildman–Crippen LogP) is 1.38. The summed E-state index contributed by atoms with van der Waals surface area (Å²) in [5.74, 6) is 2.60. The highest BCUT2D eigenvalue weighted by Gasteiger charge is 2.40. The Morgan fingerprint density at radius 2 is 1.95 bits per heavy atom. The summed E-state index contributed by atoms with van der Waals surface area (Å²) in [5, 5.41) is 7.38. The van der Waals surface area contributed by atoms with Gasteiger partial charge >= 0.3 is 0 Å². The molecule has 2 atom stereocenters. The van der Waals surface area contributed by atoms with Crippen molar-refractivity contribution in [1.29, 1.82) is 0 Å². The molecular weight excluding hydrogens is 276 g/mol. The molecule has 0 saturated carbocycles. The second-order valence-corrected chi connectivity index (χ2v) is 6.69. The molecule has 2 aromatic heterocycles. The van der Waals surface area contributed by atoms with Crippen LogP contribution in [0.2, 0.25) is 0 Å². The molecule has 2 aliphatic rings. The van der Waals surface area contributed by atoms with Gasteiger partial charge in [0.2, 0.25) is 0 Å². The number of aryl methyl sites for hydroxylation is 2. The molecule has 0 aliphatic carbocycles. The molecule has 22 heavy (non-hydrogen) atoms. The fourth-order valence-electron chi connectivity index (χ4n) is 3.90. The molecule has 4 heterocycles. The Labute approximate surface area is 130 Å². The van der Waals surface area contributed by atoms with Crippen LogP contribution in [0.1, 0.15) is 17.0 Å². The Hall–Kier alpha value is -1.95. The third kappa shape index (κ3) is 2.47. The summed E-state index contributed by atoms with van der Waals surface area (Å²) in [7, 11) is 0. The SMILES string of the molecule is Cc1cc(CN2CC3CN(c4ncncc4C)CC3C2)n[nH]1. The minimum absolute atomic E-state index is 0.745. The van der Waals surface area contributed by atoms with Crippen LogP contribution < -0.4 is 4.90 Å². The molecule has 6 nitrogen and oxygen atoms in total. The molecule has 0 bridgehead atoms. The number of rotatable bonds is 3. The van der Waals surface area contributed by atoms with Crippen molar-refractivity contribution in [3.8, 4) is 0 Å². The summed E-state index contributed by atoms with van der Waals surface area (Å²) >= 11 is 0. The highest BCUT2D eigenvalue weighted by Crippen LogP contribution is 2.34. The molecule has 2 unspecified atom stereocenters. The first-order valence-electron chi connectivity index (χ1n) is 7.94. The van der Waals surface area contributed by atoms with Gasteiger partial charge in [-0.2, -0.15) is 5.10 Å². The Morgan fingerprint density at radius 3 is 2.59 bits per heavy atom. The summed E-state index contributed by atoms with van der Waals surface area (Å²) < 4.78 is 0. The third-order valence-corrected chi connectivity index (χ3v) is 4.87. The molecule has 0 spiro atoms. The van der Waals surface area contributed by atoms with Crippen molar-refractivity contribution in [2.75, 3.05) is 31.1 Å². The molecular formula is C16H22N6. The zero-order valence-corrected chi connectivity index (χ0v) is 13.2. The van der Waals surface area contributed by atoms with Crippen LogP contribution in [0.3, 0.4) is 0 Å². The molecule has 1 N–H and O–H groups in total. The van der Waals surface area contributed by atoms with Gasteiger partial charge in [-0.1, -0.05) is 0 Å². The Balaban J connectivity index is 1.39. The molecule has 2 aliphatic heterocycles. The number of aromatic nitrogens is 4. The molecule has 0 aromatic carbocycles. The number of anilines is 1. The van der Waals surface area contributed by atoms with Gasteiger partial charge in [0.25, 0.3) is 0 Å². The van der Waals surface area contributed by atoms with Crippen LogP contribution in [0.5, 0.6) is 0 Å². The maximum atomic E-state index is 4.46. The van der Waals surface area contributed by atoms with Crippen molar-refractivity contribution in [1.82, 2.24) is 25.1 Å². The predicted molar refractivity (Wildman–Crippen MR) is 84.6 cm³/mol. The zero-order chi connectivity index (χ0) is 15.1. The summed E-state index contributed by atoms with van der Waals surface area (Å²) in [4.78, 5) is 13.5. The van der Waals surface area contributed by atoms with Gasteiger partial charge in [-0.25, -0.2) is 9.97 Å². The van der Waals surface area contributed by atoms with Gasteiger partial charge in [-0.05, 0) is 31.7 Å². The van der Waals surface area contributed by atoms with Crippen LogP contribution in [0, 0.1) is 25.7 Å². The van der Waals surface area contributed by atoms with E-state index < -0.39 is 0 Å². The van der Waals surface area contributed by atoms with Crippen LogP contribution in [0.4, 0.5) is 5.82 Å². The van der Waals surface area contributed by atoms with Gasteiger partial charge in [0.05, 0.1) is 5.69 Å². The van der Waals surface area contributed by atoms with Crippen LogP contribution in [0.15, 0.2) is 18.6 Å². The number of hydrogen-bond donors (Lipinski definition) is 1. The first kappa shape index (κ1) is 13.7. The number of aromatic amines is 1. The van der Waals surface area contributed by atoms with Crippen molar-refractivity contribution in [2.24, 2.45) is 11.8 Å². The molecule has 2 aromatic rings. The van der Waals surface area contributed by atoms with Crippen LogP contribution >= 0.6 is 0 Å². The lowest BCUT2D eigenvalue weighted by Crippen LogP contribution is -2.29. The van der Waals surface area contributed by atoms with Gasteiger partial charge in [-0.3, -0.25) is 10.00 Å². The van der Waals surface area contributed by atoms with E-state index in [2.05, 4.69) is 49.9 Å². The number of fused-ring (bicyclic) bond motifs is 1. The fourth-order valence-corrected chi connectivity index (χ4v) is 3.90. The first-order valence-corrected chi connectivity index (χ1v) is 7.94. The highest BCUT2D eigenvalue weighted by molar-refractivity contribution is 5.46. The molecule has 116 valence electrons. The Morgan fingerprint density at radius 1 is 1.18 bits per heavy atom. The lowest BCUT2D eigenvalue weighted by atomic mass is 10.0. The minimum atomic E-state index is 0.745. The smallest absolute Gasteiger partial charge is 0.134 e. The zero-order valence-electron chi connectivity index (χ0n) is 13.2. The van der Waals surface area contributed by atoms with Crippen LogP contribution in [-0.2, 0) is 6.54 Å². The molecule has 4 rings (SSSR count). The normalized spacial score (nSPS) is 24.9. The van der Waals surface area contributed by atoms with Crippen LogP contribution in [-0.4, -0.2) is 51.2 Å². The minimum Gasteiger partial charge on any atom is -0.356 e. The number of nitrogens with one attached hydrogen (secondary N) is 1. The second kappa shape index (κ2) is 5.35. The topological polar surface area (TPSA) is 60.9 Å². The van der Waals surface area contributed by atoms with Crippen molar-refractivity contribution < 1.29 is 0 Å². The van der Waals surface area contributed by atoms with Gasteiger partial charge in [0.15, 0.2) is 0 Å². The van der Waals surface area contributed by atoms with Gasteiger partial charge in [-0.15, -0.1) is 0 Å². The average molecular weight is 298 g/mol. The molecule has 2 saturated heterocycles. The number of nitrogens with zero attached hydrogens (tertiary/aromatic N) is 5. The lowest BCUT2D eigenvalue weighted by Gasteiger charge is -2.22. The van der Waals surface area contributed by atoms with E-state index in [4.69, 9.17) is 0 Å². The summed E-state index contributed by atoms with van der Waals surface area (Å²) in [5.41, 5.74) is 3.46. The second-order valence-electron chi connectivity index (χ2n) is 6.69. The first-order chi connectivity index (χ1) is 10.7. The summed E-state index contributed by atoms with van der Waals surface area (Å²) in [6, 6.07) is 2.14. The largest absolute Gasteiger partial charge is 0.356 e.